The van der Waals surface area contributed by atoms with E-state index in [1.165, 1.54) is 0 Å². The lowest BCUT2D eigenvalue weighted by molar-refractivity contribution is 0.416. The Bertz CT molecular complexity index is 327. The predicted octanol–water partition coefficient (Wildman–Crippen LogP) is 1.31. The molecule has 15 heavy (non-hydrogen) atoms. The van der Waals surface area contributed by atoms with E-state index >= 15 is 0 Å². The van der Waals surface area contributed by atoms with E-state index in [0.717, 1.165) is 18.9 Å². The van der Waals surface area contributed by atoms with Crippen molar-refractivity contribution in [2.24, 2.45) is 0 Å². The molecule has 0 atom stereocenters. The van der Waals surface area contributed by atoms with Crippen molar-refractivity contribution in [2.45, 2.75) is 0 Å². The minimum Gasteiger partial charge on any atom is -0.397 e. The van der Waals surface area contributed by atoms with Crippen LogP contribution in [0.2, 0.25) is 5.02 Å². The third-order valence-electron chi connectivity index (χ3n) is 2.09. The second-order valence-corrected chi connectivity index (χ2v) is 4.21. The first-order valence-corrected chi connectivity index (χ1v) is 5.15. The lowest BCUT2D eigenvalue weighted by atomic mass is 10.4. The van der Waals surface area contributed by atoms with Crippen LogP contribution in [0.5, 0.6) is 0 Å². The summed E-state index contributed by atoms with van der Waals surface area (Å²) in [6.45, 7) is 1.84. The normalized spacial score (nSPS) is 10.7. The number of hydrogen-bond acceptors (Lipinski definition) is 4. The number of nitrogen functional groups attached to an aromatic ring is 1. The minimum atomic E-state index is 0.588. The Morgan fingerprint density at radius 3 is 2.53 bits per heavy atom. The number of aromatic nitrogens is 1. The minimum absolute atomic E-state index is 0.588. The van der Waals surface area contributed by atoms with Gasteiger partial charge in [-0.25, -0.2) is 4.98 Å². The second kappa shape index (κ2) is 5.19. The maximum Gasteiger partial charge on any atom is 0.147 e. The average Bonchev–Trinajstić information content (AvgIpc) is 2.14. The van der Waals surface area contributed by atoms with E-state index in [1.54, 1.807) is 12.3 Å². The number of likely N-dealkylation sites (N-methyl/N-ethyl adjacent to an activating group) is 2. The summed E-state index contributed by atoms with van der Waals surface area (Å²) >= 11 is 6.04. The van der Waals surface area contributed by atoms with Gasteiger partial charge in [0.15, 0.2) is 0 Å². The number of nitrogens with zero attached hydrogens (tertiary/aromatic N) is 3. The van der Waals surface area contributed by atoms with Crippen LogP contribution in [0.15, 0.2) is 12.3 Å². The topological polar surface area (TPSA) is 45.4 Å². The van der Waals surface area contributed by atoms with Gasteiger partial charge in [0.2, 0.25) is 0 Å². The van der Waals surface area contributed by atoms with E-state index in [1.807, 2.05) is 26.0 Å². The van der Waals surface area contributed by atoms with Crippen LogP contribution >= 0.6 is 11.6 Å². The van der Waals surface area contributed by atoms with Gasteiger partial charge in [-0.05, 0) is 20.2 Å². The maximum absolute atomic E-state index is 6.04. The summed E-state index contributed by atoms with van der Waals surface area (Å²) in [6, 6.07) is 1.72. The van der Waals surface area contributed by atoms with E-state index in [4.69, 9.17) is 17.3 Å². The highest BCUT2D eigenvalue weighted by atomic mass is 35.5. The molecule has 1 rings (SSSR count). The maximum atomic E-state index is 6.04. The quantitative estimate of drug-likeness (QED) is 0.844. The number of halogens is 1. The van der Waals surface area contributed by atoms with Crippen molar-refractivity contribution in [1.29, 1.82) is 0 Å². The number of anilines is 2. The van der Waals surface area contributed by atoms with Crippen LogP contribution in [0.3, 0.4) is 0 Å². The Balaban J connectivity index is 2.69. The number of hydrogen-bond donors (Lipinski definition) is 1. The van der Waals surface area contributed by atoms with Crippen LogP contribution in [0, 0.1) is 0 Å². The molecule has 0 saturated heterocycles. The fourth-order valence-electron chi connectivity index (χ4n) is 1.18. The molecule has 0 aliphatic heterocycles. The lowest BCUT2D eigenvalue weighted by Gasteiger charge is -2.21. The van der Waals surface area contributed by atoms with Gasteiger partial charge in [0.05, 0.1) is 16.9 Å². The van der Waals surface area contributed by atoms with Crippen molar-refractivity contribution >= 4 is 23.1 Å². The van der Waals surface area contributed by atoms with Crippen molar-refractivity contribution in [3.63, 3.8) is 0 Å². The molecule has 0 fully saturated rings. The monoisotopic (exact) mass is 228 g/mol. The Morgan fingerprint density at radius 1 is 1.33 bits per heavy atom. The Kier molecular flexibility index (Phi) is 4.17. The first kappa shape index (κ1) is 12.1. The zero-order chi connectivity index (χ0) is 11.4. The van der Waals surface area contributed by atoms with Crippen molar-refractivity contribution in [2.75, 3.05) is 44.9 Å². The third-order valence-corrected chi connectivity index (χ3v) is 2.37. The van der Waals surface area contributed by atoms with Gasteiger partial charge < -0.3 is 15.5 Å². The van der Waals surface area contributed by atoms with Crippen LogP contribution in [0.4, 0.5) is 11.5 Å². The van der Waals surface area contributed by atoms with Crippen molar-refractivity contribution in [3.8, 4) is 0 Å². The van der Waals surface area contributed by atoms with E-state index in [0.29, 0.717) is 10.7 Å². The second-order valence-electron chi connectivity index (χ2n) is 3.80. The lowest BCUT2D eigenvalue weighted by Crippen LogP contribution is -2.29. The first-order chi connectivity index (χ1) is 7.00. The molecule has 0 amide bonds. The summed E-state index contributed by atoms with van der Waals surface area (Å²) in [4.78, 5) is 8.33. The van der Waals surface area contributed by atoms with Crippen LogP contribution in [0.25, 0.3) is 0 Å². The number of pyridine rings is 1. The molecular formula is C10H17ClN4. The summed E-state index contributed by atoms with van der Waals surface area (Å²) in [5, 5.41) is 0.594. The highest BCUT2D eigenvalue weighted by Gasteiger charge is 2.07. The molecule has 84 valence electrons. The van der Waals surface area contributed by atoms with Crippen molar-refractivity contribution in [3.05, 3.63) is 17.3 Å². The highest BCUT2D eigenvalue weighted by molar-refractivity contribution is 6.33. The van der Waals surface area contributed by atoms with Gasteiger partial charge in [-0.3, -0.25) is 0 Å². The molecule has 0 aliphatic rings. The standard InChI is InChI=1S/C10H17ClN4/c1-14(2)4-5-15(3)10-9(11)6-8(12)7-13-10/h6-7H,4-5,12H2,1-3H3. The molecule has 4 nitrogen and oxygen atoms in total. The molecule has 0 spiro atoms. The van der Waals surface area contributed by atoms with E-state index in [-0.39, 0.29) is 0 Å². The van der Waals surface area contributed by atoms with Crippen molar-refractivity contribution < 1.29 is 0 Å². The molecule has 0 aromatic carbocycles. The summed E-state index contributed by atoms with van der Waals surface area (Å²) < 4.78 is 0. The Labute approximate surface area is 95.6 Å². The highest BCUT2D eigenvalue weighted by Crippen LogP contribution is 2.23. The first-order valence-electron chi connectivity index (χ1n) is 4.77. The van der Waals surface area contributed by atoms with Gasteiger partial charge in [0.25, 0.3) is 0 Å². The molecule has 0 radical (unpaired) electrons. The average molecular weight is 229 g/mol. The summed E-state index contributed by atoms with van der Waals surface area (Å²) in [5.74, 6) is 0.771. The third kappa shape index (κ3) is 3.57. The van der Waals surface area contributed by atoms with Gasteiger partial charge in [-0.15, -0.1) is 0 Å². The molecular weight excluding hydrogens is 212 g/mol. The fourth-order valence-corrected chi connectivity index (χ4v) is 1.50. The Morgan fingerprint density at radius 2 is 2.00 bits per heavy atom. The van der Waals surface area contributed by atoms with Gasteiger partial charge in [-0.2, -0.15) is 0 Å². The molecule has 0 aliphatic carbocycles. The van der Waals surface area contributed by atoms with Gasteiger partial charge >= 0.3 is 0 Å². The van der Waals surface area contributed by atoms with E-state index in [9.17, 15) is 0 Å². The van der Waals surface area contributed by atoms with Gasteiger partial charge in [0.1, 0.15) is 5.82 Å². The molecule has 2 N–H and O–H groups in total. The van der Waals surface area contributed by atoms with E-state index < -0.39 is 0 Å². The van der Waals surface area contributed by atoms with Crippen LogP contribution in [0.1, 0.15) is 0 Å². The van der Waals surface area contributed by atoms with Gasteiger partial charge in [0, 0.05) is 20.1 Å². The van der Waals surface area contributed by atoms with Crippen LogP contribution < -0.4 is 10.6 Å². The fraction of sp³-hybridized carbons (Fsp3) is 0.500. The molecule has 0 unspecified atom stereocenters. The van der Waals surface area contributed by atoms with Crippen LogP contribution in [-0.2, 0) is 0 Å². The molecule has 0 bridgehead atoms. The zero-order valence-corrected chi connectivity index (χ0v) is 10.1. The molecule has 1 aromatic rings. The van der Waals surface area contributed by atoms with Gasteiger partial charge in [-0.1, -0.05) is 11.6 Å². The summed E-state index contributed by atoms with van der Waals surface area (Å²) in [6.07, 6.45) is 1.62. The molecule has 5 heteroatoms. The zero-order valence-electron chi connectivity index (χ0n) is 9.37. The molecule has 1 heterocycles. The largest absolute Gasteiger partial charge is 0.397 e. The number of nitrogens with two attached hydrogens (primary N) is 1. The van der Waals surface area contributed by atoms with E-state index in [2.05, 4.69) is 9.88 Å². The predicted molar refractivity (Wildman–Crippen MR) is 65.5 cm³/mol. The number of rotatable bonds is 4. The smallest absolute Gasteiger partial charge is 0.147 e. The summed E-state index contributed by atoms with van der Waals surface area (Å²) in [5.41, 5.74) is 6.16. The SMILES string of the molecule is CN(C)CCN(C)c1ncc(N)cc1Cl. The molecule has 0 saturated carbocycles. The van der Waals surface area contributed by atoms with Crippen molar-refractivity contribution in [1.82, 2.24) is 9.88 Å². The van der Waals surface area contributed by atoms with Crippen LogP contribution in [-0.4, -0.2) is 44.1 Å². The summed E-state index contributed by atoms with van der Waals surface area (Å²) in [7, 11) is 6.03. The Hall–Kier alpha value is -1.00. The molecule has 1 aromatic heterocycles.